The van der Waals surface area contributed by atoms with Crippen molar-refractivity contribution < 1.29 is 9.13 Å². The van der Waals surface area contributed by atoms with Crippen LogP contribution in [-0.4, -0.2) is 36.1 Å². The number of benzene rings is 2. The van der Waals surface area contributed by atoms with Crippen molar-refractivity contribution in [2.75, 3.05) is 26.2 Å². The molecular formula is C26H29FN2O. The fraction of sp³-hybridized carbons (Fsp3) is 0.346. The molecule has 2 aromatic carbocycles. The average molecular weight is 405 g/mol. The lowest BCUT2D eigenvalue weighted by atomic mass is 10.0. The highest BCUT2D eigenvalue weighted by Crippen LogP contribution is 2.22. The molecule has 1 aliphatic rings. The number of piperidine rings is 1. The first-order valence-electron chi connectivity index (χ1n) is 10.9. The number of aryl methyl sites for hydroxylation is 2. The fourth-order valence-electron chi connectivity index (χ4n) is 3.93. The van der Waals surface area contributed by atoms with Crippen molar-refractivity contribution in [2.45, 2.75) is 32.1 Å². The van der Waals surface area contributed by atoms with Crippen molar-refractivity contribution in [1.82, 2.24) is 9.88 Å². The third-order valence-electron chi connectivity index (χ3n) is 5.70. The van der Waals surface area contributed by atoms with Crippen LogP contribution < -0.4 is 4.74 Å². The van der Waals surface area contributed by atoms with Crippen molar-refractivity contribution >= 4 is 0 Å². The smallest absolute Gasteiger partial charge is 0.123 e. The predicted octanol–water partition coefficient (Wildman–Crippen LogP) is 5.54. The summed E-state index contributed by atoms with van der Waals surface area (Å²) in [5.74, 6) is 0.727. The minimum absolute atomic E-state index is 0.185. The summed E-state index contributed by atoms with van der Waals surface area (Å²) in [5.41, 5.74) is 4.23. The van der Waals surface area contributed by atoms with Gasteiger partial charge in [-0.1, -0.05) is 36.8 Å². The van der Waals surface area contributed by atoms with Crippen molar-refractivity contribution in [3.8, 4) is 16.9 Å². The van der Waals surface area contributed by atoms with E-state index in [-0.39, 0.29) is 5.82 Å². The lowest BCUT2D eigenvalue weighted by molar-refractivity contribution is 0.183. The van der Waals surface area contributed by atoms with Gasteiger partial charge < -0.3 is 4.74 Å². The monoisotopic (exact) mass is 404 g/mol. The first kappa shape index (κ1) is 20.5. The lowest BCUT2D eigenvalue weighted by Crippen LogP contribution is -2.33. The maximum atomic E-state index is 13.3. The molecule has 0 atom stereocenters. The Kier molecular flexibility index (Phi) is 7.09. The number of halogens is 1. The maximum absolute atomic E-state index is 13.3. The second kappa shape index (κ2) is 10.4. The Morgan fingerprint density at radius 2 is 1.67 bits per heavy atom. The van der Waals surface area contributed by atoms with Crippen LogP contribution in [0.15, 0.2) is 66.9 Å². The van der Waals surface area contributed by atoms with E-state index >= 15 is 0 Å². The molecule has 0 spiro atoms. The molecule has 0 unspecified atom stereocenters. The molecule has 1 fully saturated rings. The van der Waals surface area contributed by atoms with Gasteiger partial charge in [-0.25, -0.2) is 4.39 Å². The molecule has 0 N–H and O–H groups in total. The van der Waals surface area contributed by atoms with Gasteiger partial charge in [-0.05, 0) is 80.2 Å². The number of hydrogen-bond acceptors (Lipinski definition) is 3. The molecule has 30 heavy (non-hydrogen) atoms. The number of hydrogen-bond donors (Lipinski definition) is 0. The topological polar surface area (TPSA) is 25.4 Å². The van der Waals surface area contributed by atoms with E-state index in [1.807, 2.05) is 24.4 Å². The van der Waals surface area contributed by atoms with Gasteiger partial charge in [-0.3, -0.25) is 9.88 Å². The van der Waals surface area contributed by atoms with Crippen LogP contribution in [0, 0.1) is 5.82 Å². The number of ether oxygens (including phenoxy) is 1. The van der Waals surface area contributed by atoms with Crippen molar-refractivity contribution in [3.63, 3.8) is 0 Å². The number of rotatable bonds is 8. The summed E-state index contributed by atoms with van der Waals surface area (Å²) < 4.78 is 19.2. The highest BCUT2D eigenvalue weighted by Gasteiger charge is 2.09. The van der Waals surface area contributed by atoms with Crippen LogP contribution in [0.1, 0.15) is 30.5 Å². The summed E-state index contributed by atoms with van der Waals surface area (Å²) in [6.07, 6.45) is 7.48. The molecule has 3 aromatic rings. The minimum Gasteiger partial charge on any atom is -0.492 e. The average Bonchev–Trinajstić information content (AvgIpc) is 2.79. The van der Waals surface area contributed by atoms with Crippen LogP contribution in [0.2, 0.25) is 0 Å². The highest BCUT2D eigenvalue weighted by atomic mass is 19.1. The van der Waals surface area contributed by atoms with Crippen molar-refractivity contribution in [3.05, 3.63) is 83.9 Å². The molecule has 0 saturated carbocycles. The van der Waals surface area contributed by atoms with Gasteiger partial charge in [0.15, 0.2) is 0 Å². The molecule has 156 valence electrons. The normalized spacial score (nSPS) is 14.6. The van der Waals surface area contributed by atoms with Gasteiger partial charge in [0.05, 0.1) is 0 Å². The predicted molar refractivity (Wildman–Crippen MR) is 119 cm³/mol. The van der Waals surface area contributed by atoms with Crippen LogP contribution in [0.4, 0.5) is 4.39 Å². The number of likely N-dealkylation sites (tertiary alicyclic amines) is 1. The summed E-state index contributed by atoms with van der Waals surface area (Å²) in [6, 6.07) is 19.1. The molecule has 4 heteroatoms. The molecule has 1 aliphatic heterocycles. The molecule has 3 nitrogen and oxygen atoms in total. The van der Waals surface area contributed by atoms with E-state index < -0.39 is 0 Å². The van der Waals surface area contributed by atoms with E-state index in [4.69, 9.17) is 4.74 Å². The Morgan fingerprint density at radius 1 is 0.867 bits per heavy atom. The van der Waals surface area contributed by atoms with Crippen LogP contribution >= 0.6 is 0 Å². The Balaban J connectivity index is 1.27. The lowest BCUT2D eigenvalue weighted by Gasteiger charge is -2.26. The molecule has 0 radical (unpaired) electrons. The Hall–Kier alpha value is -2.72. The van der Waals surface area contributed by atoms with Gasteiger partial charge in [0.1, 0.15) is 18.2 Å². The van der Waals surface area contributed by atoms with Crippen LogP contribution in [0.3, 0.4) is 0 Å². The SMILES string of the molecule is Fc1cccc(CCc2ccc(-c3ccc(OCCN4CCCCC4)cc3)cn2)c1. The van der Waals surface area contributed by atoms with Gasteiger partial charge in [-0.2, -0.15) is 0 Å². The van der Waals surface area contributed by atoms with Crippen LogP contribution in [0.25, 0.3) is 11.1 Å². The summed E-state index contributed by atoms with van der Waals surface area (Å²) >= 11 is 0. The zero-order valence-corrected chi connectivity index (χ0v) is 17.4. The van der Waals surface area contributed by atoms with Crippen LogP contribution in [0.5, 0.6) is 5.75 Å². The molecule has 2 heterocycles. The Bertz CT molecular complexity index is 919. The number of pyridine rings is 1. The summed E-state index contributed by atoms with van der Waals surface area (Å²) in [6.45, 7) is 4.14. The molecule has 0 bridgehead atoms. The summed E-state index contributed by atoms with van der Waals surface area (Å²) in [4.78, 5) is 7.07. The van der Waals surface area contributed by atoms with Crippen molar-refractivity contribution in [1.29, 1.82) is 0 Å². The molecule has 4 rings (SSSR count). The van der Waals surface area contributed by atoms with E-state index in [2.05, 4.69) is 34.1 Å². The van der Waals surface area contributed by atoms with E-state index in [1.165, 1.54) is 38.4 Å². The molecule has 1 saturated heterocycles. The van der Waals surface area contributed by atoms with Gasteiger partial charge in [0.2, 0.25) is 0 Å². The van der Waals surface area contributed by atoms with Gasteiger partial charge in [0.25, 0.3) is 0 Å². The number of nitrogens with zero attached hydrogens (tertiary/aromatic N) is 2. The van der Waals surface area contributed by atoms with Gasteiger partial charge >= 0.3 is 0 Å². The quantitative estimate of drug-likeness (QED) is 0.493. The Labute approximate surface area is 178 Å². The molecule has 0 aliphatic carbocycles. The zero-order valence-electron chi connectivity index (χ0n) is 17.4. The maximum Gasteiger partial charge on any atom is 0.123 e. The second-order valence-electron chi connectivity index (χ2n) is 7.94. The Morgan fingerprint density at radius 3 is 2.40 bits per heavy atom. The largest absolute Gasteiger partial charge is 0.492 e. The minimum atomic E-state index is -0.185. The molecule has 0 amide bonds. The van der Waals surface area contributed by atoms with Crippen LogP contribution in [-0.2, 0) is 12.8 Å². The molecule has 1 aromatic heterocycles. The van der Waals surface area contributed by atoms with Crippen molar-refractivity contribution in [2.24, 2.45) is 0 Å². The standard InChI is InChI=1S/C26H29FN2O/c27-24-6-4-5-21(19-24)7-11-25-12-8-23(20-28-25)22-9-13-26(14-10-22)30-18-17-29-15-2-1-3-16-29/h4-6,8-10,12-14,19-20H,1-3,7,11,15-18H2. The fourth-order valence-corrected chi connectivity index (χ4v) is 3.93. The molecular weight excluding hydrogens is 375 g/mol. The van der Waals surface area contributed by atoms with E-state index in [1.54, 1.807) is 12.1 Å². The summed E-state index contributed by atoms with van der Waals surface area (Å²) in [7, 11) is 0. The first-order chi connectivity index (χ1) is 14.8. The number of aromatic nitrogens is 1. The summed E-state index contributed by atoms with van der Waals surface area (Å²) in [5, 5.41) is 0. The second-order valence-corrected chi connectivity index (χ2v) is 7.94. The van der Waals surface area contributed by atoms with Gasteiger partial charge in [0, 0.05) is 24.0 Å². The zero-order chi connectivity index (χ0) is 20.6. The highest BCUT2D eigenvalue weighted by molar-refractivity contribution is 5.63. The third kappa shape index (κ3) is 5.90. The van der Waals surface area contributed by atoms with E-state index in [9.17, 15) is 4.39 Å². The van der Waals surface area contributed by atoms with E-state index in [0.717, 1.165) is 54.1 Å². The van der Waals surface area contributed by atoms with E-state index in [0.29, 0.717) is 0 Å². The van der Waals surface area contributed by atoms with Gasteiger partial charge in [-0.15, -0.1) is 0 Å². The third-order valence-corrected chi connectivity index (χ3v) is 5.70. The first-order valence-corrected chi connectivity index (χ1v) is 10.9.